The molecule has 3 rings (SSSR count). The van der Waals surface area contributed by atoms with Crippen LogP contribution in [0.2, 0.25) is 0 Å². The number of nitrogens with zero attached hydrogens (tertiary/aromatic N) is 2. The molecule has 0 spiro atoms. The van der Waals surface area contributed by atoms with E-state index in [1.807, 2.05) is 17.9 Å². The average Bonchev–Trinajstić information content (AvgIpc) is 3.17. The molecule has 0 N–H and O–H groups in total. The molecule has 0 atom stereocenters. The molecule has 22 heavy (non-hydrogen) atoms. The van der Waals surface area contributed by atoms with E-state index in [0.717, 1.165) is 54.2 Å². The van der Waals surface area contributed by atoms with Crippen molar-refractivity contribution in [3.63, 3.8) is 0 Å². The largest absolute Gasteiger partial charge is 0.373 e. The van der Waals surface area contributed by atoms with Crippen LogP contribution in [-0.2, 0) is 14.4 Å². The average molecular weight is 318 g/mol. The van der Waals surface area contributed by atoms with Crippen molar-refractivity contribution in [1.29, 1.82) is 0 Å². The molecule has 5 nitrogen and oxygen atoms in total. The van der Waals surface area contributed by atoms with Crippen molar-refractivity contribution in [3.8, 4) is 0 Å². The molecule has 2 heterocycles. The third kappa shape index (κ3) is 4.00. The van der Waals surface area contributed by atoms with Crippen LogP contribution in [0, 0.1) is 6.92 Å². The highest BCUT2D eigenvalue weighted by atomic mass is 32.1. The molecule has 1 aliphatic heterocycles. The van der Waals surface area contributed by atoms with E-state index >= 15 is 0 Å². The number of aromatic nitrogens is 1. The Labute approximate surface area is 133 Å². The number of likely N-dealkylation sites (tertiary alicyclic amines) is 1. The van der Waals surface area contributed by atoms with Crippen LogP contribution in [0.25, 0.3) is 5.57 Å². The Morgan fingerprint density at radius 1 is 1.27 bits per heavy atom. The van der Waals surface area contributed by atoms with Gasteiger partial charge in [-0.15, -0.1) is 11.3 Å². The first-order chi connectivity index (χ1) is 10.7. The topological polar surface area (TPSA) is 67.3 Å². The second-order valence-corrected chi connectivity index (χ2v) is 6.28. The van der Waals surface area contributed by atoms with Crippen LogP contribution in [0.15, 0.2) is 23.1 Å². The minimum Gasteiger partial charge on any atom is -0.339 e. The molecule has 1 aromatic heterocycles. The first-order valence-corrected chi connectivity index (χ1v) is 8.15. The predicted molar refractivity (Wildman–Crippen MR) is 83.0 cm³/mol. The number of thiazole rings is 1. The first-order valence-electron chi connectivity index (χ1n) is 7.27. The summed E-state index contributed by atoms with van der Waals surface area (Å²) in [6, 6.07) is 0. The number of carbonyl (C=O) groups excluding carboxylic acids is 3. The Kier molecular flexibility index (Phi) is 5.81. The second kappa shape index (κ2) is 7.82. The highest BCUT2D eigenvalue weighted by Gasteiger charge is 2.22. The molecule has 1 aromatic rings. The summed E-state index contributed by atoms with van der Waals surface area (Å²) in [5, 5.41) is 3.13. The Bertz CT molecular complexity index is 634. The van der Waals surface area contributed by atoms with Gasteiger partial charge in [0.05, 0.1) is 10.7 Å². The monoisotopic (exact) mass is 318 g/mol. The summed E-state index contributed by atoms with van der Waals surface area (Å²) >= 11 is 1.65. The molecule has 6 heteroatoms. The molecule has 0 radical (unpaired) electrons. The molecule has 1 fully saturated rings. The van der Waals surface area contributed by atoms with Crippen molar-refractivity contribution < 1.29 is 14.4 Å². The van der Waals surface area contributed by atoms with Crippen LogP contribution in [0.3, 0.4) is 0 Å². The predicted octanol–water partition coefficient (Wildman–Crippen LogP) is 2.59. The zero-order chi connectivity index (χ0) is 15.9. The van der Waals surface area contributed by atoms with E-state index in [2.05, 4.69) is 16.4 Å². The lowest BCUT2D eigenvalue weighted by atomic mass is 10.1. The first kappa shape index (κ1) is 16.3. The molecule has 1 aliphatic carbocycles. The van der Waals surface area contributed by atoms with Gasteiger partial charge < -0.3 is 4.90 Å². The summed E-state index contributed by atoms with van der Waals surface area (Å²) in [7, 11) is 0. The number of allylic oxidation sites excluding steroid dienone is 3. The number of carbonyl (C=O) groups is 1. The maximum absolute atomic E-state index is 12.4. The number of hydrogen-bond acceptors (Lipinski definition) is 5. The van der Waals surface area contributed by atoms with Gasteiger partial charge in [-0.3, -0.25) is 4.79 Å². The third-order valence-electron chi connectivity index (χ3n) is 3.70. The van der Waals surface area contributed by atoms with Crippen LogP contribution in [0.1, 0.15) is 36.4 Å². The Balaban J connectivity index is 0.000000545. The van der Waals surface area contributed by atoms with Crippen molar-refractivity contribution in [2.24, 2.45) is 0 Å². The maximum atomic E-state index is 12.4. The summed E-state index contributed by atoms with van der Waals surface area (Å²) in [5.74, 6) is 0.220. The molecule has 0 saturated carbocycles. The second-order valence-electron chi connectivity index (χ2n) is 5.22. The number of piperidine rings is 1. The number of amides is 1. The fourth-order valence-electron chi connectivity index (χ4n) is 2.65. The SMILES string of the molecule is Cc1nc(C2=CCC(C(=O)N3CCCCC3)=C2)cs1.O=C=O. The smallest absolute Gasteiger partial charge is 0.339 e. The van der Waals surface area contributed by atoms with Crippen molar-refractivity contribution in [1.82, 2.24) is 9.88 Å². The third-order valence-corrected chi connectivity index (χ3v) is 4.48. The Hall–Kier alpha value is -2.04. The van der Waals surface area contributed by atoms with Gasteiger partial charge in [-0.2, -0.15) is 9.59 Å². The summed E-state index contributed by atoms with van der Waals surface area (Å²) in [5.41, 5.74) is 3.02. The van der Waals surface area contributed by atoms with E-state index in [4.69, 9.17) is 9.59 Å². The van der Waals surface area contributed by atoms with E-state index < -0.39 is 0 Å². The quantitative estimate of drug-likeness (QED) is 0.840. The van der Waals surface area contributed by atoms with E-state index in [0.29, 0.717) is 0 Å². The van der Waals surface area contributed by atoms with Gasteiger partial charge in [-0.25, -0.2) is 4.98 Å². The zero-order valence-electron chi connectivity index (χ0n) is 12.5. The van der Waals surface area contributed by atoms with Crippen molar-refractivity contribution in [2.45, 2.75) is 32.6 Å². The van der Waals surface area contributed by atoms with E-state index in [1.54, 1.807) is 11.3 Å². The molecule has 1 saturated heterocycles. The van der Waals surface area contributed by atoms with Crippen LogP contribution in [0.4, 0.5) is 0 Å². The van der Waals surface area contributed by atoms with E-state index in [1.165, 1.54) is 6.42 Å². The number of rotatable bonds is 2. The minimum atomic E-state index is 0.220. The highest BCUT2D eigenvalue weighted by Crippen LogP contribution is 2.28. The molecular weight excluding hydrogens is 300 g/mol. The van der Waals surface area contributed by atoms with Crippen molar-refractivity contribution in [2.75, 3.05) is 13.1 Å². The van der Waals surface area contributed by atoms with Crippen LogP contribution >= 0.6 is 11.3 Å². The molecule has 0 bridgehead atoms. The van der Waals surface area contributed by atoms with E-state index in [-0.39, 0.29) is 12.1 Å². The van der Waals surface area contributed by atoms with Gasteiger partial charge >= 0.3 is 6.15 Å². The molecule has 1 amide bonds. The highest BCUT2D eigenvalue weighted by molar-refractivity contribution is 7.09. The zero-order valence-corrected chi connectivity index (χ0v) is 13.3. The summed E-state index contributed by atoms with van der Waals surface area (Å²) in [6.45, 7) is 3.84. The van der Waals surface area contributed by atoms with Gasteiger partial charge in [0.1, 0.15) is 0 Å². The van der Waals surface area contributed by atoms with Crippen LogP contribution in [-0.4, -0.2) is 35.0 Å². The van der Waals surface area contributed by atoms with Crippen LogP contribution in [0.5, 0.6) is 0 Å². The van der Waals surface area contributed by atoms with Gasteiger partial charge in [0.15, 0.2) is 0 Å². The normalized spacial score (nSPS) is 17.0. The van der Waals surface area contributed by atoms with Gasteiger partial charge in [0.25, 0.3) is 0 Å². The standard InChI is InChI=1S/C15H18N2OS.CO2/c1-11-16-14(10-19-11)12-5-6-13(9-12)15(18)17-7-3-2-4-8-17;2-1-3/h5,9-10H,2-4,6-8H2,1H3;. The number of hydrogen-bond donors (Lipinski definition) is 0. The summed E-state index contributed by atoms with van der Waals surface area (Å²) in [6.07, 6.45) is 8.68. The number of aryl methyl sites for hydroxylation is 1. The fraction of sp³-hybridized carbons (Fsp3) is 0.438. The van der Waals surface area contributed by atoms with Gasteiger partial charge in [-0.05, 0) is 44.3 Å². The molecule has 116 valence electrons. The maximum Gasteiger partial charge on any atom is 0.373 e. The van der Waals surface area contributed by atoms with Crippen molar-refractivity contribution in [3.05, 3.63) is 33.8 Å². The Morgan fingerprint density at radius 3 is 2.55 bits per heavy atom. The van der Waals surface area contributed by atoms with Crippen LogP contribution < -0.4 is 0 Å². The lowest BCUT2D eigenvalue weighted by Crippen LogP contribution is -2.36. The molecular formula is C16H18N2O3S. The van der Waals surface area contributed by atoms with Gasteiger partial charge in [0.2, 0.25) is 5.91 Å². The Morgan fingerprint density at radius 2 is 1.95 bits per heavy atom. The lowest BCUT2D eigenvalue weighted by molar-refractivity contribution is -0.191. The molecule has 2 aliphatic rings. The fourth-order valence-corrected chi connectivity index (χ4v) is 3.27. The van der Waals surface area contributed by atoms with Crippen molar-refractivity contribution >= 4 is 29.0 Å². The molecule has 0 unspecified atom stereocenters. The lowest BCUT2D eigenvalue weighted by Gasteiger charge is -2.27. The molecule has 0 aromatic carbocycles. The summed E-state index contributed by atoms with van der Waals surface area (Å²) in [4.78, 5) is 35.1. The van der Waals surface area contributed by atoms with Gasteiger partial charge in [0, 0.05) is 24.0 Å². The van der Waals surface area contributed by atoms with Gasteiger partial charge in [-0.1, -0.05) is 6.08 Å². The minimum absolute atomic E-state index is 0.220. The summed E-state index contributed by atoms with van der Waals surface area (Å²) < 4.78 is 0. The van der Waals surface area contributed by atoms with E-state index in [9.17, 15) is 4.79 Å².